The zero-order valence-corrected chi connectivity index (χ0v) is 10.5. The van der Waals surface area contributed by atoms with Gasteiger partial charge in [0, 0.05) is 23.6 Å². The molecule has 16 heavy (non-hydrogen) atoms. The van der Waals surface area contributed by atoms with Crippen LogP contribution >= 0.6 is 11.6 Å². The summed E-state index contributed by atoms with van der Waals surface area (Å²) in [7, 11) is 0. The summed E-state index contributed by atoms with van der Waals surface area (Å²) in [6.07, 6.45) is 1.39. The Morgan fingerprint density at radius 1 is 1.38 bits per heavy atom. The van der Waals surface area contributed by atoms with Crippen LogP contribution in [0.3, 0.4) is 0 Å². The summed E-state index contributed by atoms with van der Waals surface area (Å²) in [6, 6.07) is 5.39. The molecular weight excluding hydrogens is 224 g/mol. The molecule has 0 aliphatic carbocycles. The quantitative estimate of drug-likeness (QED) is 0.561. The number of carbonyl (C=O) groups is 1. The first kappa shape index (κ1) is 13.2. The summed E-state index contributed by atoms with van der Waals surface area (Å²) in [6.45, 7) is 5.16. The van der Waals surface area contributed by atoms with Crippen molar-refractivity contribution in [2.24, 2.45) is 0 Å². The lowest BCUT2D eigenvalue weighted by atomic mass is 10.1. The van der Waals surface area contributed by atoms with E-state index in [9.17, 15) is 4.79 Å². The van der Waals surface area contributed by atoms with E-state index in [2.05, 4.69) is 0 Å². The molecule has 0 unspecified atom stereocenters. The summed E-state index contributed by atoms with van der Waals surface area (Å²) in [5, 5.41) is 0.639. The Morgan fingerprint density at radius 2 is 2.12 bits per heavy atom. The highest BCUT2D eigenvalue weighted by Gasteiger charge is 2.07. The molecule has 0 atom stereocenters. The topological polar surface area (TPSA) is 26.3 Å². The van der Waals surface area contributed by atoms with E-state index in [4.69, 9.17) is 16.3 Å². The van der Waals surface area contributed by atoms with Crippen molar-refractivity contribution in [2.45, 2.75) is 26.7 Å². The van der Waals surface area contributed by atoms with Gasteiger partial charge in [0.25, 0.3) is 0 Å². The van der Waals surface area contributed by atoms with Crippen molar-refractivity contribution in [3.63, 3.8) is 0 Å². The van der Waals surface area contributed by atoms with E-state index in [0.717, 1.165) is 12.0 Å². The van der Waals surface area contributed by atoms with Gasteiger partial charge in [-0.05, 0) is 25.0 Å². The largest absolute Gasteiger partial charge is 0.381 e. The second-order valence-electron chi connectivity index (χ2n) is 3.75. The number of aryl methyl sites for hydroxylation is 1. The van der Waals surface area contributed by atoms with Crippen molar-refractivity contribution in [3.05, 3.63) is 34.3 Å². The second-order valence-corrected chi connectivity index (χ2v) is 4.16. The summed E-state index contributed by atoms with van der Waals surface area (Å²) < 4.78 is 5.28. The van der Waals surface area contributed by atoms with E-state index in [1.807, 2.05) is 26.0 Å². The van der Waals surface area contributed by atoms with Gasteiger partial charge in [0.05, 0.1) is 6.61 Å². The van der Waals surface area contributed by atoms with Crippen molar-refractivity contribution < 1.29 is 9.53 Å². The monoisotopic (exact) mass is 240 g/mol. The summed E-state index contributed by atoms with van der Waals surface area (Å²) in [5.74, 6) is 0.0815. The van der Waals surface area contributed by atoms with Crippen LogP contribution in [-0.2, 0) is 4.74 Å². The Balaban J connectivity index is 2.50. The van der Waals surface area contributed by atoms with Crippen LogP contribution in [0.2, 0.25) is 5.02 Å². The van der Waals surface area contributed by atoms with Crippen molar-refractivity contribution in [3.8, 4) is 0 Å². The van der Waals surface area contributed by atoms with Gasteiger partial charge < -0.3 is 4.74 Å². The lowest BCUT2D eigenvalue weighted by Crippen LogP contribution is -2.05. The van der Waals surface area contributed by atoms with Gasteiger partial charge in [-0.3, -0.25) is 4.79 Å². The fourth-order valence-electron chi connectivity index (χ4n) is 1.32. The smallest absolute Gasteiger partial charge is 0.165 e. The van der Waals surface area contributed by atoms with Crippen molar-refractivity contribution in [1.82, 2.24) is 0 Å². The first-order valence-corrected chi connectivity index (χ1v) is 5.90. The maximum Gasteiger partial charge on any atom is 0.165 e. The van der Waals surface area contributed by atoms with E-state index in [-0.39, 0.29) is 5.78 Å². The fourth-order valence-corrected chi connectivity index (χ4v) is 1.50. The highest BCUT2D eigenvalue weighted by Crippen LogP contribution is 2.17. The minimum atomic E-state index is 0.0815. The lowest BCUT2D eigenvalue weighted by molar-refractivity contribution is 0.0879. The first-order chi connectivity index (χ1) is 7.65. The molecule has 3 heteroatoms. The number of hydrogen-bond donors (Lipinski definition) is 0. The van der Waals surface area contributed by atoms with Gasteiger partial charge in [-0.2, -0.15) is 0 Å². The standard InChI is InChI=1S/C13H17ClO2/c1-3-7-16-8-6-13(15)11-5-4-10(2)12(14)9-11/h4-5,9H,3,6-8H2,1-2H3. The van der Waals surface area contributed by atoms with Crippen LogP contribution in [0.15, 0.2) is 18.2 Å². The minimum Gasteiger partial charge on any atom is -0.381 e. The van der Waals surface area contributed by atoms with Crippen LogP contribution in [0, 0.1) is 6.92 Å². The molecule has 2 nitrogen and oxygen atoms in total. The van der Waals surface area contributed by atoms with Crippen LogP contribution in [-0.4, -0.2) is 19.0 Å². The number of ether oxygens (including phenoxy) is 1. The van der Waals surface area contributed by atoms with E-state index in [1.54, 1.807) is 6.07 Å². The predicted octanol–water partition coefficient (Wildman–Crippen LogP) is 3.65. The molecule has 1 rings (SSSR count). The number of benzene rings is 1. The number of hydrogen-bond acceptors (Lipinski definition) is 2. The third-order valence-electron chi connectivity index (χ3n) is 2.32. The Hall–Kier alpha value is -0.860. The van der Waals surface area contributed by atoms with Gasteiger partial charge in [0.2, 0.25) is 0 Å². The fraction of sp³-hybridized carbons (Fsp3) is 0.462. The predicted molar refractivity (Wildman–Crippen MR) is 66.2 cm³/mol. The van der Waals surface area contributed by atoms with Gasteiger partial charge in [0.15, 0.2) is 5.78 Å². The van der Waals surface area contributed by atoms with Crippen molar-refractivity contribution >= 4 is 17.4 Å². The number of halogens is 1. The van der Waals surface area contributed by atoms with Crippen molar-refractivity contribution in [1.29, 1.82) is 0 Å². The van der Waals surface area contributed by atoms with Crippen molar-refractivity contribution in [2.75, 3.05) is 13.2 Å². The van der Waals surface area contributed by atoms with Gasteiger partial charge >= 0.3 is 0 Å². The molecule has 1 aromatic carbocycles. The highest BCUT2D eigenvalue weighted by molar-refractivity contribution is 6.31. The molecule has 88 valence electrons. The third-order valence-corrected chi connectivity index (χ3v) is 2.72. The number of rotatable bonds is 6. The normalized spacial score (nSPS) is 10.4. The Bertz CT molecular complexity index is 361. The van der Waals surface area contributed by atoms with Gasteiger partial charge in [-0.15, -0.1) is 0 Å². The zero-order valence-electron chi connectivity index (χ0n) is 9.75. The molecular formula is C13H17ClO2. The Labute approximate surface area is 102 Å². The Kier molecular flexibility index (Phi) is 5.50. The van der Waals surface area contributed by atoms with E-state index < -0.39 is 0 Å². The van der Waals surface area contributed by atoms with Crippen LogP contribution in [0.4, 0.5) is 0 Å². The molecule has 0 aliphatic rings. The van der Waals surface area contributed by atoms with Gasteiger partial charge in [-0.1, -0.05) is 30.7 Å². The molecule has 0 radical (unpaired) electrons. The minimum absolute atomic E-state index is 0.0815. The molecule has 0 aliphatic heterocycles. The molecule has 0 N–H and O–H groups in total. The summed E-state index contributed by atoms with van der Waals surface area (Å²) >= 11 is 5.96. The second kappa shape index (κ2) is 6.66. The molecule has 0 saturated carbocycles. The molecule has 0 saturated heterocycles. The van der Waals surface area contributed by atoms with Gasteiger partial charge in [0.1, 0.15) is 0 Å². The maximum atomic E-state index is 11.7. The summed E-state index contributed by atoms with van der Waals surface area (Å²) in [4.78, 5) is 11.7. The first-order valence-electron chi connectivity index (χ1n) is 5.52. The molecule has 0 fully saturated rings. The van der Waals surface area contributed by atoms with E-state index in [1.165, 1.54) is 0 Å². The number of ketones is 1. The molecule has 0 aromatic heterocycles. The zero-order chi connectivity index (χ0) is 12.0. The molecule has 0 heterocycles. The van der Waals surface area contributed by atoms with Crippen LogP contribution in [0.25, 0.3) is 0 Å². The average molecular weight is 241 g/mol. The number of carbonyl (C=O) groups excluding carboxylic acids is 1. The average Bonchev–Trinajstić information content (AvgIpc) is 2.28. The van der Waals surface area contributed by atoms with Crippen LogP contribution in [0.5, 0.6) is 0 Å². The van der Waals surface area contributed by atoms with Crippen LogP contribution < -0.4 is 0 Å². The van der Waals surface area contributed by atoms with E-state index in [0.29, 0.717) is 30.2 Å². The molecule has 0 amide bonds. The highest BCUT2D eigenvalue weighted by atomic mass is 35.5. The molecule has 0 spiro atoms. The maximum absolute atomic E-state index is 11.7. The van der Waals surface area contributed by atoms with Crippen LogP contribution in [0.1, 0.15) is 35.7 Å². The summed E-state index contributed by atoms with van der Waals surface area (Å²) in [5.41, 5.74) is 1.65. The van der Waals surface area contributed by atoms with Gasteiger partial charge in [-0.25, -0.2) is 0 Å². The van der Waals surface area contributed by atoms with E-state index >= 15 is 0 Å². The lowest BCUT2D eigenvalue weighted by Gasteiger charge is -2.04. The molecule has 1 aromatic rings. The third kappa shape index (κ3) is 3.95. The SMILES string of the molecule is CCCOCCC(=O)c1ccc(C)c(Cl)c1. The molecule has 0 bridgehead atoms. The number of Topliss-reactive ketones (excluding diaryl/α,β-unsaturated/α-hetero) is 1. The Morgan fingerprint density at radius 3 is 2.75 bits per heavy atom.